The van der Waals surface area contributed by atoms with E-state index in [2.05, 4.69) is 16.9 Å². The highest BCUT2D eigenvalue weighted by atomic mass is 19.1. The van der Waals surface area contributed by atoms with Crippen LogP contribution in [0.1, 0.15) is 25.0 Å². The van der Waals surface area contributed by atoms with Crippen molar-refractivity contribution in [3.8, 4) is 0 Å². The summed E-state index contributed by atoms with van der Waals surface area (Å²) in [7, 11) is 1.88. The van der Waals surface area contributed by atoms with Crippen molar-refractivity contribution < 1.29 is 4.39 Å². The molecule has 0 saturated carbocycles. The molecule has 1 aromatic carbocycles. The average molecular weight is 363 g/mol. The first kappa shape index (κ1) is 20.5. The third-order valence-corrected chi connectivity index (χ3v) is 3.98. The van der Waals surface area contributed by atoms with E-state index < -0.39 is 0 Å². The fraction of sp³-hybridized carbons (Fsp3) is 0.217. The third-order valence-electron chi connectivity index (χ3n) is 3.98. The van der Waals surface area contributed by atoms with Gasteiger partial charge in [-0.1, -0.05) is 30.9 Å². The predicted octanol–water partition coefficient (Wildman–Crippen LogP) is 4.83. The molecular formula is C23H26FN3. The summed E-state index contributed by atoms with van der Waals surface area (Å²) in [5, 5.41) is 3.11. The van der Waals surface area contributed by atoms with Crippen molar-refractivity contribution in [1.82, 2.24) is 10.3 Å². The van der Waals surface area contributed by atoms with Crippen molar-refractivity contribution in [2.45, 2.75) is 19.9 Å². The van der Waals surface area contributed by atoms with E-state index in [1.165, 1.54) is 6.07 Å². The molecule has 1 N–H and O–H groups in total. The van der Waals surface area contributed by atoms with Gasteiger partial charge in [-0.15, -0.1) is 0 Å². The fourth-order valence-corrected chi connectivity index (χ4v) is 2.73. The summed E-state index contributed by atoms with van der Waals surface area (Å²) in [6.07, 6.45) is 9.25. The van der Waals surface area contributed by atoms with Crippen LogP contribution in [0.2, 0.25) is 0 Å². The van der Waals surface area contributed by atoms with E-state index in [1.54, 1.807) is 24.5 Å². The Kier molecular flexibility index (Phi) is 7.83. The molecule has 27 heavy (non-hydrogen) atoms. The SMILES string of the molecule is C=C(/C=C(\C=C/C)C(=N[C@@H](C)CNC)c1ccccc1F)c1ccncc1. The summed E-state index contributed by atoms with van der Waals surface area (Å²) in [5.74, 6) is -0.294. The van der Waals surface area contributed by atoms with Crippen molar-refractivity contribution in [3.05, 3.63) is 96.1 Å². The van der Waals surface area contributed by atoms with Crippen LogP contribution in [0.15, 0.2) is 84.2 Å². The Hall–Kier alpha value is -2.85. The lowest BCUT2D eigenvalue weighted by Gasteiger charge is -2.14. The molecule has 140 valence electrons. The molecule has 0 radical (unpaired) electrons. The molecule has 4 heteroatoms. The lowest BCUT2D eigenvalue weighted by Crippen LogP contribution is -2.21. The van der Waals surface area contributed by atoms with Crippen molar-refractivity contribution in [1.29, 1.82) is 0 Å². The van der Waals surface area contributed by atoms with Gasteiger partial charge < -0.3 is 5.32 Å². The lowest BCUT2D eigenvalue weighted by atomic mass is 9.97. The number of nitrogens with zero attached hydrogens (tertiary/aromatic N) is 2. The van der Waals surface area contributed by atoms with Crippen LogP contribution in [-0.4, -0.2) is 30.3 Å². The Morgan fingerprint density at radius 3 is 2.59 bits per heavy atom. The van der Waals surface area contributed by atoms with Crippen LogP contribution >= 0.6 is 0 Å². The molecule has 0 spiro atoms. The standard InChI is InChI=1S/C23H26FN3/c1-5-8-20(15-17(2)19-11-13-26-14-12-19)23(27-18(3)16-25-4)21-9-6-7-10-22(21)24/h5-15,18,25H,2,16H2,1,3-4H3/b8-5-,20-15+,27-23?/t18-/m0/s1. The Morgan fingerprint density at radius 2 is 1.96 bits per heavy atom. The quantitative estimate of drug-likeness (QED) is 0.539. The molecular weight excluding hydrogens is 337 g/mol. The molecule has 3 nitrogen and oxygen atoms in total. The minimum atomic E-state index is -0.294. The molecule has 0 aliphatic heterocycles. The highest BCUT2D eigenvalue weighted by molar-refractivity contribution is 6.15. The monoisotopic (exact) mass is 363 g/mol. The molecule has 0 saturated heterocycles. The van der Waals surface area contributed by atoms with E-state index in [1.807, 2.05) is 57.3 Å². The van der Waals surface area contributed by atoms with Crippen molar-refractivity contribution in [3.63, 3.8) is 0 Å². The van der Waals surface area contributed by atoms with Crippen LogP contribution in [0.5, 0.6) is 0 Å². The highest BCUT2D eigenvalue weighted by Crippen LogP contribution is 2.21. The molecule has 0 aliphatic carbocycles. The molecule has 0 aliphatic rings. The first-order chi connectivity index (χ1) is 13.1. The summed E-state index contributed by atoms with van der Waals surface area (Å²) in [5.41, 5.74) is 3.68. The average Bonchev–Trinajstić information content (AvgIpc) is 2.67. The van der Waals surface area contributed by atoms with Gasteiger partial charge in [0.2, 0.25) is 0 Å². The van der Waals surface area contributed by atoms with Crippen LogP contribution in [0.4, 0.5) is 4.39 Å². The van der Waals surface area contributed by atoms with Gasteiger partial charge in [0.1, 0.15) is 5.82 Å². The molecule has 2 rings (SSSR count). The number of likely N-dealkylation sites (N-methyl/N-ethyl adjacent to an activating group) is 1. The summed E-state index contributed by atoms with van der Waals surface area (Å²) >= 11 is 0. The van der Waals surface area contributed by atoms with Gasteiger partial charge in [0.15, 0.2) is 0 Å². The van der Waals surface area contributed by atoms with Gasteiger partial charge in [0.25, 0.3) is 0 Å². The second-order valence-corrected chi connectivity index (χ2v) is 6.23. The normalized spacial score (nSPS) is 13.8. The predicted molar refractivity (Wildman–Crippen MR) is 112 cm³/mol. The van der Waals surface area contributed by atoms with Crippen molar-refractivity contribution in [2.24, 2.45) is 4.99 Å². The zero-order valence-electron chi connectivity index (χ0n) is 16.1. The summed E-state index contributed by atoms with van der Waals surface area (Å²) in [6.45, 7) is 8.79. The molecule has 1 heterocycles. The summed E-state index contributed by atoms with van der Waals surface area (Å²) < 4.78 is 14.6. The first-order valence-corrected chi connectivity index (χ1v) is 8.98. The minimum Gasteiger partial charge on any atom is -0.318 e. The van der Waals surface area contributed by atoms with Crippen LogP contribution in [-0.2, 0) is 0 Å². The van der Waals surface area contributed by atoms with E-state index in [0.717, 1.165) is 16.7 Å². The van der Waals surface area contributed by atoms with Crippen LogP contribution in [0, 0.1) is 5.82 Å². The molecule has 0 unspecified atom stereocenters. The van der Waals surface area contributed by atoms with Crippen LogP contribution in [0.3, 0.4) is 0 Å². The topological polar surface area (TPSA) is 37.3 Å². The highest BCUT2D eigenvalue weighted by Gasteiger charge is 2.14. The largest absolute Gasteiger partial charge is 0.318 e. The molecule has 0 bridgehead atoms. The maximum atomic E-state index is 14.6. The number of hydrogen-bond acceptors (Lipinski definition) is 3. The summed E-state index contributed by atoms with van der Waals surface area (Å²) in [6, 6.07) is 10.5. The molecule has 0 fully saturated rings. The number of rotatable bonds is 8. The van der Waals surface area contributed by atoms with E-state index in [0.29, 0.717) is 17.8 Å². The van der Waals surface area contributed by atoms with E-state index >= 15 is 0 Å². The van der Waals surface area contributed by atoms with Gasteiger partial charge in [-0.3, -0.25) is 9.98 Å². The van der Waals surface area contributed by atoms with Crippen molar-refractivity contribution >= 4 is 11.3 Å². The van der Waals surface area contributed by atoms with Gasteiger partial charge in [-0.2, -0.15) is 0 Å². The van der Waals surface area contributed by atoms with Crippen LogP contribution in [0.25, 0.3) is 5.57 Å². The number of aromatic nitrogens is 1. The molecule has 1 atom stereocenters. The van der Waals surface area contributed by atoms with Gasteiger partial charge in [0, 0.05) is 30.1 Å². The Labute approximate surface area is 161 Å². The van der Waals surface area contributed by atoms with E-state index in [4.69, 9.17) is 4.99 Å². The zero-order chi connectivity index (χ0) is 19.6. The van der Waals surface area contributed by atoms with Gasteiger partial charge in [0.05, 0.1) is 11.8 Å². The fourth-order valence-electron chi connectivity index (χ4n) is 2.73. The smallest absolute Gasteiger partial charge is 0.132 e. The van der Waals surface area contributed by atoms with Gasteiger partial charge >= 0.3 is 0 Å². The third kappa shape index (κ3) is 5.83. The molecule has 0 amide bonds. The number of halogens is 1. The number of allylic oxidation sites excluding steroid dienone is 5. The maximum absolute atomic E-state index is 14.6. The zero-order valence-corrected chi connectivity index (χ0v) is 16.1. The number of hydrogen-bond donors (Lipinski definition) is 1. The summed E-state index contributed by atoms with van der Waals surface area (Å²) in [4.78, 5) is 8.85. The second-order valence-electron chi connectivity index (χ2n) is 6.23. The Morgan fingerprint density at radius 1 is 1.26 bits per heavy atom. The van der Waals surface area contributed by atoms with Crippen LogP contribution < -0.4 is 5.32 Å². The Bertz CT molecular complexity index is 851. The second kappa shape index (κ2) is 10.3. The van der Waals surface area contributed by atoms with Crippen molar-refractivity contribution in [2.75, 3.05) is 13.6 Å². The number of nitrogens with one attached hydrogen (secondary N) is 1. The molecule has 2 aromatic rings. The van der Waals surface area contributed by atoms with Gasteiger partial charge in [-0.05, 0) is 62.4 Å². The van der Waals surface area contributed by atoms with Gasteiger partial charge in [-0.25, -0.2) is 4.39 Å². The van der Waals surface area contributed by atoms with E-state index in [-0.39, 0.29) is 11.9 Å². The minimum absolute atomic E-state index is 0.00699. The maximum Gasteiger partial charge on any atom is 0.132 e. The number of pyridine rings is 1. The van der Waals surface area contributed by atoms with E-state index in [9.17, 15) is 4.39 Å². The number of aliphatic imine (C=N–C) groups is 1. The number of benzene rings is 1. The Balaban J connectivity index is 2.57. The molecule has 1 aromatic heterocycles. The first-order valence-electron chi connectivity index (χ1n) is 8.98. The lowest BCUT2D eigenvalue weighted by molar-refractivity contribution is 0.624.